The topological polar surface area (TPSA) is 38.7 Å². The van der Waals surface area contributed by atoms with Crippen LogP contribution < -0.4 is 4.74 Å². The summed E-state index contributed by atoms with van der Waals surface area (Å²) in [5.74, 6) is 1.55. The molecule has 0 bridgehead atoms. The number of aliphatic imine (C=N–C) groups is 1. The van der Waals surface area contributed by atoms with Crippen LogP contribution in [0.1, 0.15) is 11.1 Å². The van der Waals surface area contributed by atoms with Crippen molar-refractivity contribution in [1.82, 2.24) is 0 Å². The third-order valence-electron chi connectivity index (χ3n) is 3.34. The summed E-state index contributed by atoms with van der Waals surface area (Å²) in [4.78, 5) is 16.6. The van der Waals surface area contributed by atoms with Gasteiger partial charge in [0.1, 0.15) is 22.4 Å². The molecule has 0 N–H and O–H groups in total. The lowest BCUT2D eigenvalue weighted by molar-refractivity contribution is -0.107. The lowest BCUT2D eigenvalue weighted by Gasteiger charge is -2.03. The molecule has 3 nitrogen and oxygen atoms in total. The molecule has 0 unspecified atom stereocenters. The summed E-state index contributed by atoms with van der Waals surface area (Å²) < 4.78 is 6.31. The zero-order chi connectivity index (χ0) is 17.5. The summed E-state index contributed by atoms with van der Waals surface area (Å²) in [6.45, 7) is 4.09. The summed E-state index contributed by atoms with van der Waals surface area (Å²) in [6, 6.07) is 17.7. The van der Waals surface area contributed by atoms with E-state index in [2.05, 4.69) is 23.7 Å². The maximum absolute atomic E-state index is 12.2. The Morgan fingerprint density at radius 2 is 2.00 bits per heavy atom. The molecule has 0 radical (unpaired) electrons. The molecule has 5 heteroatoms. The zero-order valence-electron chi connectivity index (χ0n) is 13.6. The van der Waals surface area contributed by atoms with Gasteiger partial charge in [-0.15, -0.1) is 0 Å². The van der Waals surface area contributed by atoms with E-state index in [4.69, 9.17) is 4.74 Å². The van der Waals surface area contributed by atoms with E-state index in [0.717, 1.165) is 21.4 Å². The molecule has 0 amide bonds. The largest absolute Gasteiger partial charge is 0.490 e. The molecule has 2 aromatic rings. The number of carbonyl (C=O) groups excluding carboxylic acids is 1. The predicted molar refractivity (Wildman–Crippen MR) is 108 cm³/mol. The molecule has 25 heavy (non-hydrogen) atoms. The average molecular weight is 367 g/mol. The van der Waals surface area contributed by atoms with E-state index in [1.807, 2.05) is 42.5 Å². The maximum Gasteiger partial charge on any atom is 0.244 e. The Hall–Kier alpha value is -2.24. The highest BCUT2D eigenvalue weighted by molar-refractivity contribution is 8.45. The minimum absolute atomic E-state index is 0.0204. The van der Waals surface area contributed by atoms with Crippen LogP contribution in [0.4, 0.5) is 0 Å². The van der Waals surface area contributed by atoms with Crippen LogP contribution >= 0.6 is 23.5 Å². The van der Waals surface area contributed by atoms with Crippen molar-refractivity contribution in [3.05, 3.63) is 84.1 Å². The Labute approximate surface area is 155 Å². The first-order valence-corrected chi connectivity index (χ1v) is 9.58. The first-order valence-electron chi connectivity index (χ1n) is 7.77. The lowest BCUT2D eigenvalue weighted by atomic mass is 10.2. The van der Waals surface area contributed by atoms with Gasteiger partial charge in [0, 0.05) is 5.75 Å². The summed E-state index contributed by atoms with van der Waals surface area (Å²) in [5, 5.41) is -0.0204. The third kappa shape index (κ3) is 5.11. The summed E-state index contributed by atoms with van der Waals surface area (Å²) in [5.41, 5.74) is 2.58. The maximum atomic E-state index is 12.2. The first kappa shape index (κ1) is 17.6. The minimum Gasteiger partial charge on any atom is -0.490 e. The molecule has 0 saturated carbocycles. The lowest BCUT2D eigenvalue weighted by Crippen LogP contribution is -1.93. The molecule has 0 aliphatic carbocycles. The number of rotatable bonds is 6. The van der Waals surface area contributed by atoms with E-state index >= 15 is 0 Å². The molecule has 0 saturated heterocycles. The molecule has 1 heterocycles. The van der Waals surface area contributed by atoms with Gasteiger partial charge in [-0.1, -0.05) is 66.9 Å². The van der Waals surface area contributed by atoms with Crippen molar-refractivity contribution in [3.63, 3.8) is 0 Å². The second-order valence-electron chi connectivity index (χ2n) is 5.24. The van der Waals surface area contributed by atoms with Crippen molar-refractivity contribution < 1.29 is 9.53 Å². The highest BCUT2D eigenvalue weighted by atomic mass is 32.2. The Bertz CT molecular complexity index is 829. The molecule has 0 spiro atoms. The zero-order valence-corrected chi connectivity index (χ0v) is 15.2. The van der Waals surface area contributed by atoms with Gasteiger partial charge in [0.15, 0.2) is 0 Å². The molecule has 3 rings (SSSR count). The van der Waals surface area contributed by atoms with E-state index in [9.17, 15) is 4.79 Å². The van der Waals surface area contributed by atoms with E-state index in [0.29, 0.717) is 12.3 Å². The van der Waals surface area contributed by atoms with Crippen LogP contribution in [0, 0.1) is 0 Å². The molecule has 126 valence electrons. The van der Waals surface area contributed by atoms with E-state index in [1.54, 1.807) is 23.9 Å². The average Bonchev–Trinajstić information content (AvgIpc) is 2.99. The molecule has 0 fully saturated rings. The molecule has 0 aromatic heterocycles. The van der Waals surface area contributed by atoms with Crippen molar-refractivity contribution in [2.45, 2.75) is 5.75 Å². The second-order valence-corrected chi connectivity index (χ2v) is 7.43. The van der Waals surface area contributed by atoms with Gasteiger partial charge in [-0.2, -0.15) is 0 Å². The smallest absolute Gasteiger partial charge is 0.244 e. The SMILES string of the molecule is C=CCOc1cccc(/C=C2/N=C(SCc3ccccc3)SC2=O)c1. The van der Waals surface area contributed by atoms with Gasteiger partial charge in [0.05, 0.1) is 0 Å². The molecule has 2 aromatic carbocycles. The first-order chi connectivity index (χ1) is 12.2. The minimum atomic E-state index is -0.0204. The summed E-state index contributed by atoms with van der Waals surface area (Å²) in [7, 11) is 0. The number of thioether (sulfide) groups is 2. The highest BCUT2D eigenvalue weighted by Crippen LogP contribution is 2.32. The van der Waals surface area contributed by atoms with Gasteiger partial charge in [0.25, 0.3) is 0 Å². The van der Waals surface area contributed by atoms with Crippen molar-refractivity contribution in [2.24, 2.45) is 4.99 Å². The highest BCUT2D eigenvalue weighted by Gasteiger charge is 2.22. The Morgan fingerprint density at radius 3 is 2.80 bits per heavy atom. The van der Waals surface area contributed by atoms with Gasteiger partial charge in [0.2, 0.25) is 5.12 Å². The van der Waals surface area contributed by atoms with Crippen LogP contribution in [-0.4, -0.2) is 16.1 Å². The van der Waals surface area contributed by atoms with Crippen LogP contribution in [0.3, 0.4) is 0 Å². The van der Waals surface area contributed by atoms with Crippen LogP contribution in [0.2, 0.25) is 0 Å². The molecule has 0 atom stereocenters. The fourth-order valence-electron chi connectivity index (χ4n) is 2.18. The third-order valence-corrected chi connectivity index (χ3v) is 5.42. The predicted octanol–water partition coefficient (Wildman–Crippen LogP) is 5.16. The van der Waals surface area contributed by atoms with Crippen molar-refractivity contribution in [3.8, 4) is 5.75 Å². The number of carbonyl (C=O) groups is 1. The normalized spacial score (nSPS) is 15.3. The van der Waals surface area contributed by atoms with Crippen molar-refractivity contribution in [2.75, 3.05) is 6.61 Å². The quantitative estimate of drug-likeness (QED) is 0.522. The Morgan fingerprint density at radius 1 is 1.16 bits per heavy atom. The van der Waals surface area contributed by atoms with E-state index in [1.165, 1.54) is 17.3 Å². The fraction of sp³-hybridized carbons (Fsp3) is 0.100. The molecule has 1 aliphatic rings. The standard InChI is InChI=1S/C20H17NO2S2/c1-2-11-23-17-10-6-9-16(12-17)13-18-19(22)25-20(21-18)24-14-15-7-4-3-5-8-15/h2-10,12-13H,1,11,14H2/b18-13+. The number of hydrogen-bond acceptors (Lipinski definition) is 5. The van der Waals surface area contributed by atoms with Crippen molar-refractivity contribution in [1.29, 1.82) is 0 Å². The van der Waals surface area contributed by atoms with Crippen LogP contribution in [0.5, 0.6) is 5.75 Å². The number of nitrogens with zero attached hydrogens (tertiary/aromatic N) is 1. The monoisotopic (exact) mass is 367 g/mol. The van der Waals surface area contributed by atoms with Crippen LogP contribution in [0.25, 0.3) is 6.08 Å². The van der Waals surface area contributed by atoms with Gasteiger partial charge >= 0.3 is 0 Å². The number of hydrogen-bond donors (Lipinski definition) is 0. The van der Waals surface area contributed by atoms with Crippen LogP contribution in [0.15, 0.2) is 77.9 Å². The van der Waals surface area contributed by atoms with Gasteiger partial charge in [-0.3, -0.25) is 4.79 Å². The van der Waals surface area contributed by atoms with Gasteiger partial charge < -0.3 is 4.74 Å². The Balaban J connectivity index is 1.69. The number of benzene rings is 2. The Kier molecular flexibility index (Phi) is 6.14. The number of ether oxygens (including phenoxy) is 1. The van der Waals surface area contributed by atoms with E-state index in [-0.39, 0.29) is 5.12 Å². The van der Waals surface area contributed by atoms with Crippen LogP contribution in [-0.2, 0) is 10.5 Å². The fourth-order valence-corrected chi connectivity index (χ4v) is 3.97. The summed E-state index contributed by atoms with van der Waals surface area (Å²) in [6.07, 6.45) is 3.50. The van der Waals surface area contributed by atoms with Gasteiger partial charge in [-0.05, 0) is 41.1 Å². The molecular weight excluding hydrogens is 350 g/mol. The van der Waals surface area contributed by atoms with Crippen molar-refractivity contribution >= 4 is 39.1 Å². The molecular formula is C20H17NO2S2. The molecule has 1 aliphatic heterocycles. The van der Waals surface area contributed by atoms with Gasteiger partial charge in [-0.25, -0.2) is 4.99 Å². The van der Waals surface area contributed by atoms with E-state index < -0.39 is 0 Å². The second kappa shape index (κ2) is 8.74. The summed E-state index contributed by atoms with van der Waals surface area (Å²) >= 11 is 2.78.